The molecule has 2 atom stereocenters. The van der Waals surface area contributed by atoms with Gasteiger partial charge in [0, 0.05) is 12.0 Å². The molecule has 0 bridgehead atoms. The van der Waals surface area contributed by atoms with Crippen molar-refractivity contribution in [1.29, 1.82) is 0 Å². The van der Waals surface area contributed by atoms with E-state index in [-0.39, 0.29) is 6.29 Å². The summed E-state index contributed by atoms with van der Waals surface area (Å²) in [5, 5.41) is 12.3. The number of ether oxygens (including phenoxy) is 1. The van der Waals surface area contributed by atoms with Gasteiger partial charge in [-0.15, -0.1) is 0 Å². The molecule has 1 amide bonds. The first-order valence-corrected chi connectivity index (χ1v) is 12.9. The molecule has 158 valence electrons. The van der Waals surface area contributed by atoms with Crippen molar-refractivity contribution in [3.8, 4) is 5.75 Å². The molecule has 11 heteroatoms. The summed E-state index contributed by atoms with van der Waals surface area (Å²) in [6.45, 7) is 5.52. The van der Waals surface area contributed by atoms with Crippen LogP contribution in [0.15, 0.2) is 18.2 Å². The lowest BCUT2D eigenvalue weighted by Gasteiger charge is -2.26. The Morgan fingerprint density at radius 1 is 1.39 bits per heavy atom. The quantitative estimate of drug-likeness (QED) is 0.525. The van der Waals surface area contributed by atoms with E-state index in [2.05, 4.69) is 10.0 Å². The van der Waals surface area contributed by atoms with Crippen molar-refractivity contribution in [2.75, 3.05) is 19.5 Å². The highest BCUT2D eigenvalue weighted by molar-refractivity contribution is 8.10. The number of benzene rings is 1. The van der Waals surface area contributed by atoms with Gasteiger partial charge < -0.3 is 29.0 Å². The molecule has 1 aliphatic rings. The summed E-state index contributed by atoms with van der Waals surface area (Å²) >= 11 is 5.42. The number of fused-ring (bicyclic) bond motifs is 1. The second kappa shape index (κ2) is 9.65. The third kappa shape index (κ3) is 5.98. The summed E-state index contributed by atoms with van der Waals surface area (Å²) in [6, 6.07) is 5.37. The topological polar surface area (TPSA) is 109 Å². The van der Waals surface area contributed by atoms with Crippen LogP contribution in [-0.4, -0.2) is 35.4 Å². The van der Waals surface area contributed by atoms with Crippen LogP contribution in [0.5, 0.6) is 5.75 Å². The summed E-state index contributed by atoms with van der Waals surface area (Å²) in [4.78, 5) is 11.2. The van der Waals surface area contributed by atoms with E-state index in [0.717, 1.165) is 5.56 Å². The van der Waals surface area contributed by atoms with E-state index in [4.69, 9.17) is 25.6 Å². The average Bonchev–Trinajstić information content (AvgIpc) is 2.92. The van der Waals surface area contributed by atoms with Crippen LogP contribution in [0.25, 0.3) is 0 Å². The van der Waals surface area contributed by atoms with E-state index in [1.165, 1.54) is 0 Å². The Morgan fingerprint density at radius 2 is 2.04 bits per heavy atom. The zero-order valence-corrected chi connectivity index (χ0v) is 18.9. The largest absolute Gasteiger partial charge is 0.530 e. The monoisotopic (exact) mass is 449 g/mol. The lowest BCUT2D eigenvalue weighted by Crippen LogP contribution is -2.43. The van der Waals surface area contributed by atoms with Crippen molar-refractivity contribution in [1.82, 2.24) is 10.0 Å². The molecule has 1 aromatic carbocycles. The van der Waals surface area contributed by atoms with E-state index in [9.17, 15) is 14.1 Å². The van der Waals surface area contributed by atoms with Crippen LogP contribution < -0.4 is 19.9 Å². The number of carboxylic acid groups (broad SMARTS) is 1. The van der Waals surface area contributed by atoms with E-state index >= 15 is 0 Å². The van der Waals surface area contributed by atoms with Crippen LogP contribution in [0.2, 0.25) is 0 Å². The molecule has 8 nitrogen and oxygen atoms in total. The molecular weight excluding hydrogens is 423 g/mol. The molecule has 2 N–H and O–H groups in total. The maximum atomic E-state index is 12.9. The Labute approximate surface area is 173 Å². The minimum atomic E-state index is -2.67. The van der Waals surface area contributed by atoms with Gasteiger partial charge >= 0.3 is 0 Å². The number of rotatable bonds is 10. The number of nitrogens with one attached hydrogen (secondary N) is 2. The number of carbonyl (C=O) groups is 1. The molecule has 0 radical (unpaired) electrons. The maximum absolute atomic E-state index is 12.9. The highest BCUT2D eigenvalue weighted by atomic mass is 32.5. The van der Waals surface area contributed by atoms with Gasteiger partial charge in [0.2, 0.25) is 6.49 Å². The van der Waals surface area contributed by atoms with Crippen LogP contribution >= 0.6 is 6.49 Å². The second-order valence-electron chi connectivity index (χ2n) is 6.73. The minimum absolute atomic E-state index is 0.0310. The third-order valence-electron chi connectivity index (χ3n) is 3.92. The average molecular weight is 450 g/mol. The summed E-state index contributed by atoms with van der Waals surface area (Å²) in [5.74, 6) is 0.537. The molecular formula is C17H26N2O6PS2-. The Balaban J connectivity index is 2.26. The van der Waals surface area contributed by atoms with E-state index in [1.807, 2.05) is 19.9 Å². The molecule has 1 heterocycles. The lowest BCUT2D eigenvalue weighted by molar-refractivity contribution is -0.251. The van der Waals surface area contributed by atoms with Crippen molar-refractivity contribution < 1.29 is 27.9 Å². The normalized spacial score (nSPS) is 17.4. The van der Waals surface area contributed by atoms with Gasteiger partial charge in [-0.2, -0.15) is 0 Å². The second-order valence-corrected chi connectivity index (χ2v) is 11.8. The van der Waals surface area contributed by atoms with Gasteiger partial charge in [-0.25, -0.2) is 8.93 Å². The standard InChI is InChI=1S/C17H27N2O6PS2/c1-5-23-26(27,24-6-2)11-18-28(22)15(19-16(20)21)13-9-7-8-12-10-17(3,4)25-14(12)13/h7-9,15,18-19H,5-6,10-11H2,1-4H3,(H,20,21)/p-1. The van der Waals surface area contributed by atoms with Crippen LogP contribution in [-0.2, 0) is 38.3 Å². The van der Waals surface area contributed by atoms with Gasteiger partial charge in [-0.1, -0.05) is 18.2 Å². The van der Waals surface area contributed by atoms with Crippen molar-refractivity contribution in [2.24, 2.45) is 0 Å². The number of hydrogen-bond acceptors (Lipinski definition) is 7. The van der Waals surface area contributed by atoms with Crippen molar-refractivity contribution in [2.45, 2.75) is 45.1 Å². The van der Waals surface area contributed by atoms with Crippen molar-refractivity contribution in [3.63, 3.8) is 0 Å². The number of hydrogen-bond donors (Lipinski definition) is 2. The number of para-hydroxylation sites is 1. The number of carbonyl (C=O) groups excluding carboxylic acids is 1. The predicted molar refractivity (Wildman–Crippen MR) is 110 cm³/mol. The minimum Gasteiger partial charge on any atom is -0.530 e. The van der Waals surface area contributed by atoms with Gasteiger partial charge in [-0.05, 0) is 45.1 Å². The van der Waals surface area contributed by atoms with Crippen LogP contribution in [0.4, 0.5) is 4.79 Å². The first-order valence-electron chi connectivity index (χ1n) is 8.91. The zero-order chi connectivity index (χ0) is 20.9. The zero-order valence-electron chi connectivity index (χ0n) is 16.4. The van der Waals surface area contributed by atoms with Gasteiger partial charge in [0.15, 0.2) is 0 Å². The molecule has 2 unspecified atom stereocenters. The van der Waals surface area contributed by atoms with E-state index < -0.39 is 34.5 Å². The first kappa shape index (κ1) is 23.3. The molecule has 0 saturated heterocycles. The molecule has 0 aliphatic carbocycles. The van der Waals surface area contributed by atoms with Crippen molar-refractivity contribution in [3.05, 3.63) is 29.3 Å². The molecule has 1 aliphatic heterocycles. The Hall–Kier alpha value is -1.03. The van der Waals surface area contributed by atoms with E-state index in [0.29, 0.717) is 30.9 Å². The smallest absolute Gasteiger partial charge is 0.203 e. The van der Waals surface area contributed by atoms with Gasteiger partial charge in [0.05, 0.1) is 19.5 Å². The SMILES string of the molecule is CCOP(=S)(CNS(=O)C(NC(=O)[O-])c1cccc2c1OC(C)(C)C2)OCC. The highest BCUT2D eigenvalue weighted by Gasteiger charge is 2.35. The Morgan fingerprint density at radius 3 is 2.61 bits per heavy atom. The predicted octanol–water partition coefficient (Wildman–Crippen LogP) is 1.92. The fourth-order valence-electron chi connectivity index (χ4n) is 2.95. The summed E-state index contributed by atoms with van der Waals surface area (Å²) < 4.78 is 32.7. The molecule has 0 aromatic heterocycles. The lowest BCUT2D eigenvalue weighted by atomic mass is 10.0. The van der Waals surface area contributed by atoms with Gasteiger partial charge in [0.25, 0.3) is 0 Å². The first-order chi connectivity index (χ1) is 13.1. The summed E-state index contributed by atoms with van der Waals surface area (Å²) in [5.41, 5.74) is 0.975. The molecule has 0 saturated carbocycles. The van der Waals surface area contributed by atoms with Gasteiger partial charge in [0.1, 0.15) is 33.8 Å². The molecule has 0 spiro atoms. The Bertz CT molecular complexity index is 779. The molecule has 28 heavy (non-hydrogen) atoms. The highest BCUT2D eigenvalue weighted by Crippen LogP contribution is 2.47. The fraction of sp³-hybridized carbons (Fsp3) is 0.588. The fourth-order valence-corrected chi connectivity index (χ4v) is 7.03. The third-order valence-corrected chi connectivity index (χ3v) is 8.23. The maximum Gasteiger partial charge on any atom is 0.203 e. The molecule has 1 aromatic rings. The molecule has 2 rings (SSSR count). The van der Waals surface area contributed by atoms with Crippen LogP contribution in [0.1, 0.15) is 44.2 Å². The number of amides is 1. The van der Waals surface area contributed by atoms with Gasteiger partial charge in [-0.3, -0.25) is 0 Å². The summed E-state index contributed by atoms with van der Waals surface area (Å²) in [6.07, 6.45) is -0.837. The van der Waals surface area contributed by atoms with Crippen LogP contribution in [0, 0.1) is 0 Å². The Kier molecular flexibility index (Phi) is 8.01. The van der Waals surface area contributed by atoms with Crippen molar-refractivity contribution >= 4 is 35.4 Å². The summed E-state index contributed by atoms with van der Waals surface area (Å²) in [7, 11) is -1.86. The van der Waals surface area contributed by atoms with E-state index in [1.54, 1.807) is 26.0 Å². The molecule has 0 fully saturated rings. The van der Waals surface area contributed by atoms with Crippen LogP contribution in [0.3, 0.4) is 0 Å².